The molecule has 1 fully saturated rings. The van der Waals surface area contributed by atoms with E-state index in [-0.39, 0.29) is 5.84 Å². The Kier molecular flexibility index (Phi) is 3.43. The van der Waals surface area contributed by atoms with Crippen molar-refractivity contribution >= 4 is 11.7 Å². The van der Waals surface area contributed by atoms with Gasteiger partial charge in [0, 0.05) is 26.2 Å². The summed E-state index contributed by atoms with van der Waals surface area (Å²) in [5.41, 5.74) is 6.03. The molecule has 0 aromatic carbocycles. The fourth-order valence-electron chi connectivity index (χ4n) is 1.83. The number of pyridine rings is 1. The zero-order valence-corrected chi connectivity index (χ0v) is 9.87. The number of piperazine rings is 1. The van der Waals surface area contributed by atoms with E-state index in [2.05, 4.69) is 27.0 Å². The van der Waals surface area contributed by atoms with Gasteiger partial charge in [-0.2, -0.15) is 0 Å². The van der Waals surface area contributed by atoms with Crippen molar-refractivity contribution in [3.05, 3.63) is 23.9 Å². The molecule has 3 N–H and O–H groups in total. The van der Waals surface area contributed by atoms with Gasteiger partial charge in [0.1, 0.15) is 11.5 Å². The first-order chi connectivity index (χ1) is 8.20. The van der Waals surface area contributed by atoms with E-state index in [4.69, 9.17) is 10.9 Å². The van der Waals surface area contributed by atoms with Crippen molar-refractivity contribution < 1.29 is 5.21 Å². The zero-order chi connectivity index (χ0) is 12.3. The molecule has 0 amide bonds. The van der Waals surface area contributed by atoms with E-state index in [1.165, 1.54) is 0 Å². The third-order valence-electron chi connectivity index (χ3n) is 2.93. The monoisotopic (exact) mass is 235 g/mol. The summed E-state index contributed by atoms with van der Waals surface area (Å²) in [7, 11) is 2.11. The van der Waals surface area contributed by atoms with Gasteiger partial charge in [0.15, 0.2) is 5.84 Å². The Labute approximate surface area is 100 Å². The maximum atomic E-state index is 8.63. The molecule has 1 aromatic heterocycles. The summed E-state index contributed by atoms with van der Waals surface area (Å²) in [6.45, 7) is 3.94. The predicted molar refractivity (Wildman–Crippen MR) is 66.5 cm³/mol. The van der Waals surface area contributed by atoms with Crippen LogP contribution in [0, 0.1) is 0 Å². The Balaban J connectivity index is 2.16. The Morgan fingerprint density at radius 3 is 2.71 bits per heavy atom. The third-order valence-corrected chi connectivity index (χ3v) is 2.93. The van der Waals surface area contributed by atoms with Gasteiger partial charge >= 0.3 is 0 Å². The second kappa shape index (κ2) is 5.01. The van der Waals surface area contributed by atoms with Crippen molar-refractivity contribution in [3.63, 3.8) is 0 Å². The fraction of sp³-hybridized carbons (Fsp3) is 0.455. The van der Waals surface area contributed by atoms with Crippen molar-refractivity contribution in [3.8, 4) is 0 Å². The van der Waals surface area contributed by atoms with Gasteiger partial charge in [0.2, 0.25) is 0 Å². The van der Waals surface area contributed by atoms with Gasteiger partial charge in [0.25, 0.3) is 0 Å². The first-order valence-electron chi connectivity index (χ1n) is 5.59. The zero-order valence-electron chi connectivity index (χ0n) is 9.87. The van der Waals surface area contributed by atoms with E-state index in [0.29, 0.717) is 5.69 Å². The normalized spacial score (nSPS) is 18.4. The number of nitrogens with zero attached hydrogens (tertiary/aromatic N) is 4. The van der Waals surface area contributed by atoms with Crippen LogP contribution in [0.25, 0.3) is 0 Å². The number of hydrogen-bond donors (Lipinski definition) is 2. The summed E-state index contributed by atoms with van der Waals surface area (Å²) >= 11 is 0. The maximum absolute atomic E-state index is 8.63. The fourth-order valence-corrected chi connectivity index (χ4v) is 1.83. The second-order valence-electron chi connectivity index (χ2n) is 4.16. The lowest BCUT2D eigenvalue weighted by Crippen LogP contribution is -2.44. The molecule has 17 heavy (non-hydrogen) atoms. The number of rotatable bonds is 2. The highest BCUT2D eigenvalue weighted by molar-refractivity contribution is 5.95. The lowest BCUT2D eigenvalue weighted by atomic mass is 10.3. The molecule has 0 unspecified atom stereocenters. The van der Waals surface area contributed by atoms with Crippen LogP contribution < -0.4 is 10.6 Å². The first-order valence-corrected chi connectivity index (χ1v) is 5.59. The van der Waals surface area contributed by atoms with Gasteiger partial charge in [-0.15, -0.1) is 0 Å². The minimum Gasteiger partial charge on any atom is -0.409 e. The molecule has 0 saturated carbocycles. The van der Waals surface area contributed by atoms with Crippen LogP contribution >= 0.6 is 0 Å². The van der Waals surface area contributed by atoms with Crippen LogP contribution in [0.3, 0.4) is 0 Å². The molecule has 2 rings (SSSR count). The molecular weight excluding hydrogens is 218 g/mol. The van der Waals surface area contributed by atoms with Crippen LogP contribution in [0.15, 0.2) is 23.4 Å². The van der Waals surface area contributed by atoms with E-state index < -0.39 is 0 Å². The average Bonchev–Trinajstić information content (AvgIpc) is 2.39. The quantitative estimate of drug-likeness (QED) is 0.325. The van der Waals surface area contributed by atoms with Crippen LogP contribution in [-0.4, -0.2) is 54.2 Å². The number of anilines is 1. The van der Waals surface area contributed by atoms with E-state index in [1.807, 2.05) is 12.1 Å². The molecule has 92 valence electrons. The van der Waals surface area contributed by atoms with Crippen LogP contribution in [-0.2, 0) is 0 Å². The molecule has 1 aromatic rings. The lowest BCUT2D eigenvalue weighted by molar-refractivity contribution is 0.312. The minimum absolute atomic E-state index is 0.0426. The number of oxime groups is 1. The van der Waals surface area contributed by atoms with E-state index in [0.717, 1.165) is 32.0 Å². The van der Waals surface area contributed by atoms with Crippen molar-refractivity contribution in [1.29, 1.82) is 0 Å². The first kappa shape index (κ1) is 11.7. The van der Waals surface area contributed by atoms with Crippen LogP contribution in [0.5, 0.6) is 0 Å². The molecule has 0 bridgehead atoms. The number of nitrogens with two attached hydrogens (primary N) is 1. The molecule has 0 atom stereocenters. The summed E-state index contributed by atoms with van der Waals surface area (Å²) < 4.78 is 0. The Morgan fingerprint density at radius 2 is 2.06 bits per heavy atom. The van der Waals surface area contributed by atoms with Gasteiger partial charge in [-0.1, -0.05) is 11.2 Å². The topological polar surface area (TPSA) is 78.0 Å². The van der Waals surface area contributed by atoms with Crippen molar-refractivity contribution in [1.82, 2.24) is 9.88 Å². The van der Waals surface area contributed by atoms with Gasteiger partial charge in [-0.3, -0.25) is 0 Å². The highest BCUT2D eigenvalue weighted by Crippen LogP contribution is 2.13. The number of amidine groups is 1. The maximum Gasteiger partial charge on any atom is 0.188 e. The summed E-state index contributed by atoms with van der Waals surface area (Å²) in [4.78, 5) is 8.87. The molecule has 1 saturated heterocycles. The summed E-state index contributed by atoms with van der Waals surface area (Å²) in [6, 6.07) is 5.54. The van der Waals surface area contributed by atoms with Gasteiger partial charge < -0.3 is 20.7 Å². The van der Waals surface area contributed by atoms with Crippen LogP contribution in [0.4, 0.5) is 5.82 Å². The Morgan fingerprint density at radius 1 is 1.35 bits per heavy atom. The highest BCUT2D eigenvalue weighted by atomic mass is 16.4. The van der Waals surface area contributed by atoms with Crippen molar-refractivity contribution in [2.75, 3.05) is 38.1 Å². The van der Waals surface area contributed by atoms with E-state index >= 15 is 0 Å². The molecule has 1 aliphatic heterocycles. The Bertz CT molecular complexity index is 412. The number of hydrogen-bond acceptors (Lipinski definition) is 5. The molecule has 6 nitrogen and oxygen atoms in total. The third kappa shape index (κ3) is 2.65. The van der Waals surface area contributed by atoms with Gasteiger partial charge in [-0.05, 0) is 19.2 Å². The smallest absolute Gasteiger partial charge is 0.188 e. The lowest BCUT2D eigenvalue weighted by Gasteiger charge is -2.33. The minimum atomic E-state index is 0.0426. The molecule has 0 spiro atoms. The largest absolute Gasteiger partial charge is 0.409 e. The molecule has 0 aliphatic carbocycles. The van der Waals surface area contributed by atoms with Crippen LogP contribution in [0.2, 0.25) is 0 Å². The SMILES string of the molecule is CN1CCN(c2cccc(C(N)=NO)n2)CC1. The average molecular weight is 235 g/mol. The highest BCUT2D eigenvalue weighted by Gasteiger charge is 2.15. The Hall–Kier alpha value is -1.82. The molecule has 2 heterocycles. The molecule has 1 aliphatic rings. The van der Waals surface area contributed by atoms with Crippen LogP contribution in [0.1, 0.15) is 5.69 Å². The number of likely N-dealkylation sites (N-methyl/N-ethyl adjacent to an activating group) is 1. The summed E-state index contributed by atoms with van der Waals surface area (Å²) in [5, 5.41) is 11.6. The van der Waals surface area contributed by atoms with Crippen molar-refractivity contribution in [2.24, 2.45) is 10.9 Å². The molecule has 6 heteroatoms. The van der Waals surface area contributed by atoms with Gasteiger partial charge in [-0.25, -0.2) is 4.98 Å². The van der Waals surface area contributed by atoms with E-state index in [9.17, 15) is 0 Å². The molecular formula is C11H17N5O. The van der Waals surface area contributed by atoms with Crippen molar-refractivity contribution in [2.45, 2.75) is 0 Å². The molecule has 0 radical (unpaired) electrons. The standard InChI is InChI=1S/C11H17N5O/c1-15-5-7-16(8-6-15)10-4-2-3-9(13-10)11(12)14-17/h2-4,17H,5-8H2,1H3,(H2,12,14). The predicted octanol–water partition coefficient (Wildman–Crippen LogP) is -0.0721. The van der Waals surface area contributed by atoms with E-state index in [1.54, 1.807) is 6.07 Å². The summed E-state index contributed by atoms with van der Waals surface area (Å²) in [5.74, 6) is 0.920. The summed E-state index contributed by atoms with van der Waals surface area (Å²) in [6.07, 6.45) is 0. The number of aromatic nitrogens is 1. The second-order valence-corrected chi connectivity index (χ2v) is 4.16. The van der Waals surface area contributed by atoms with Gasteiger partial charge in [0.05, 0.1) is 0 Å².